The highest BCUT2D eigenvalue weighted by molar-refractivity contribution is 7.68. The molecule has 30 heavy (non-hydrogen) atoms. The minimum Gasteiger partial charge on any atom is -0.477 e. The van der Waals surface area contributed by atoms with Gasteiger partial charge in [-0.3, -0.25) is 4.57 Å². The number of carboxylic acid groups (broad SMARTS) is 1. The molecule has 1 atom stereocenters. The van der Waals surface area contributed by atoms with E-state index < -0.39 is 13.5 Å². The Hall–Kier alpha value is -2.44. The van der Waals surface area contributed by atoms with E-state index in [1.807, 2.05) is 56.3 Å². The number of hydrogen-bond donors (Lipinski definition) is 2. The van der Waals surface area contributed by atoms with Crippen molar-refractivity contribution in [1.29, 1.82) is 0 Å². The lowest BCUT2D eigenvalue weighted by atomic mass is 10.2. The Bertz CT molecular complexity index is 1270. The second-order valence-electron chi connectivity index (χ2n) is 6.94. The number of fused-ring (bicyclic) bond motifs is 1. The third-order valence-corrected chi connectivity index (χ3v) is 9.41. The SMILES string of the molecule is COP(=O)(Nc1cc(-c2cc3ccccc3s2)sc1C(=O)O)c1ccc(C)cc1C. The van der Waals surface area contributed by atoms with Crippen LogP contribution in [-0.4, -0.2) is 18.2 Å². The number of rotatable bonds is 6. The maximum Gasteiger partial charge on any atom is 0.348 e. The van der Waals surface area contributed by atoms with E-state index in [-0.39, 0.29) is 4.88 Å². The first-order valence-corrected chi connectivity index (χ1v) is 12.4. The normalized spacial score (nSPS) is 13.3. The van der Waals surface area contributed by atoms with E-state index >= 15 is 0 Å². The summed E-state index contributed by atoms with van der Waals surface area (Å²) in [6.07, 6.45) is 0. The van der Waals surface area contributed by atoms with E-state index in [0.717, 1.165) is 42.3 Å². The third kappa shape index (κ3) is 3.82. The van der Waals surface area contributed by atoms with Crippen LogP contribution in [0.1, 0.15) is 20.8 Å². The van der Waals surface area contributed by atoms with Crippen LogP contribution in [-0.2, 0) is 9.09 Å². The molecule has 154 valence electrons. The van der Waals surface area contributed by atoms with E-state index in [1.165, 1.54) is 7.11 Å². The number of aromatic carboxylic acids is 1. The van der Waals surface area contributed by atoms with E-state index in [0.29, 0.717) is 11.0 Å². The molecule has 0 spiro atoms. The van der Waals surface area contributed by atoms with Crippen molar-refractivity contribution in [3.05, 3.63) is 70.6 Å². The van der Waals surface area contributed by atoms with Gasteiger partial charge in [0.2, 0.25) is 0 Å². The zero-order valence-corrected chi connectivity index (χ0v) is 19.2. The van der Waals surface area contributed by atoms with E-state index in [4.69, 9.17) is 4.52 Å². The number of carbonyl (C=O) groups is 1. The van der Waals surface area contributed by atoms with Crippen molar-refractivity contribution in [2.45, 2.75) is 13.8 Å². The highest BCUT2D eigenvalue weighted by Gasteiger charge is 2.30. The molecule has 0 bridgehead atoms. The van der Waals surface area contributed by atoms with Crippen LogP contribution in [0.2, 0.25) is 0 Å². The Morgan fingerprint density at radius 3 is 2.43 bits per heavy atom. The molecule has 5 nitrogen and oxygen atoms in total. The molecular formula is C22H20NO4PS2. The van der Waals surface area contributed by atoms with E-state index in [2.05, 4.69) is 5.09 Å². The van der Waals surface area contributed by atoms with E-state index in [9.17, 15) is 14.5 Å². The molecular weight excluding hydrogens is 437 g/mol. The Labute approximate surface area is 182 Å². The highest BCUT2D eigenvalue weighted by Crippen LogP contribution is 2.49. The lowest BCUT2D eigenvalue weighted by Gasteiger charge is -2.20. The van der Waals surface area contributed by atoms with Crippen LogP contribution < -0.4 is 10.4 Å². The van der Waals surface area contributed by atoms with Gasteiger partial charge < -0.3 is 14.7 Å². The van der Waals surface area contributed by atoms with Crippen molar-refractivity contribution < 1.29 is 19.0 Å². The van der Waals surface area contributed by atoms with Crippen LogP contribution in [0.5, 0.6) is 0 Å². The second kappa shape index (κ2) is 8.00. The minimum absolute atomic E-state index is 0.101. The fourth-order valence-corrected chi connectivity index (χ4v) is 7.22. The van der Waals surface area contributed by atoms with Gasteiger partial charge in [0.15, 0.2) is 0 Å². The van der Waals surface area contributed by atoms with Gasteiger partial charge in [0, 0.05) is 21.6 Å². The maximum atomic E-state index is 13.6. The number of nitrogens with one attached hydrogen (secondary N) is 1. The summed E-state index contributed by atoms with van der Waals surface area (Å²) in [7, 11) is -2.14. The number of thiophene rings is 2. The zero-order chi connectivity index (χ0) is 21.5. The molecule has 4 aromatic rings. The predicted molar refractivity (Wildman–Crippen MR) is 126 cm³/mol. The first-order valence-electron chi connectivity index (χ1n) is 9.18. The van der Waals surface area contributed by atoms with Crippen molar-refractivity contribution in [3.63, 3.8) is 0 Å². The Morgan fingerprint density at radius 1 is 1.03 bits per heavy atom. The molecule has 2 N–H and O–H groups in total. The molecule has 4 rings (SSSR count). The molecule has 0 saturated heterocycles. The van der Waals surface area contributed by atoms with Gasteiger partial charge in [-0.25, -0.2) is 4.79 Å². The molecule has 2 heterocycles. The average molecular weight is 458 g/mol. The quantitative estimate of drug-likeness (QED) is 0.322. The van der Waals surface area contributed by atoms with Crippen LogP contribution in [0.15, 0.2) is 54.6 Å². The summed E-state index contributed by atoms with van der Waals surface area (Å²) in [5, 5.41) is 14.3. The number of carboxylic acids is 1. The lowest BCUT2D eigenvalue weighted by molar-refractivity contribution is 0.0703. The van der Waals surface area contributed by atoms with Crippen molar-refractivity contribution in [2.24, 2.45) is 0 Å². The Morgan fingerprint density at radius 2 is 1.77 bits per heavy atom. The van der Waals surface area contributed by atoms with Crippen LogP contribution in [0.4, 0.5) is 5.69 Å². The maximum absolute atomic E-state index is 13.6. The van der Waals surface area contributed by atoms with Gasteiger partial charge in [0.1, 0.15) is 4.88 Å². The Kier molecular flexibility index (Phi) is 5.55. The van der Waals surface area contributed by atoms with Gasteiger partial charge in [0.25, 0.3) is 0 Å². The van der Waals surface area contributed by atoms with Crippen LogP contribution >= 0.6 is 30.2 Å². The molecule has 0 aliphatic heterocycles. The van der Waals surface area contributed by atoms with Gasteiger partial charge in [0.05, 0.1) is 11.0 Å². The van der Waals surface area contributed by atoms with Crippen molar-refractivity contribution >= 4 is 57.2 Å². The van der Waals surface area contributed by atoms with Crippen molar-refractivity contribution in [2.75, 3.05) is 12.2 Å². The Balaban J connectivity index is 1.78. The standard InChI is InChI=1S/C22H20NO4PS2/c1-13-8-9-17(14(2)10-13)28(26,27-3)23-16-12-20(30-21(16)22(24)25)19-11-15-6-4-5-7-18(15)29-19/h4-12H,1-3H3,(H,23,26)(H,24,25). The molecule has 0 fully saturated rings. The molecule has 2 aromatic heterocycles. The molecule has 0 aliphatic rings. The molecule has 0 amide bonds. The fraction of sp³-hybridized carbons (Fsp3) is 0.136. The van der Waals surface area contributed by atoms with Gasteiger partial charge in [-0.1, -0.05) is 35.9 Å². The summed E-state index contributed by atoms with van der Waals surface area (Å²) in [4.78, 5) is 13.8. The molecule has 0 radical (unpaired) electrons. The van der Waals surface area contributed by atoms with E-state index in [1.54, 1.807) is 23.5 Å². The number of aryl methyl sites for hydroxylation is 2. The molecule has 1 unspecified atom stereocenters. The molecule has 0 saturated carbocycles. The summed E-state index contributed by atoms with van der Waals surface area (Å²) in [6, 6.07) is 17.4. The monoisotopic (exact) mass is 457 g/mol. The number of hydrogen-bond acceptors (Lipinski definition) is 5. The van der Waals surface area contributed by atoms with Crippen LogP contribution in [0, 0.1) is 13.8 Å². The summed E-state index contributed by atoms with van der Waals surface area (Å²) in [6.45, 7) is 3.82. The topological polar surface area (TPSA) is 75.6 Å². The van der Waals surface area contributed by atoms with Gasteiger partial charge in [-0.2, -0.15) is 0 Å². The number of anilines is 1. The summed E-state index contributed by atoms with van der Waals surface area (Å²) >= 11 is 2.76. The zero-order valence-electron chi connectivity index (χ0n) is 16.6. The fourth-order valence-electron chi connectivity index (χ4n) is 3.36. The van der Waals surface area contributed by atoms with Crippen LogP contribution in [0.3, 0.4) is 0 Å². The molecule has 2 aromatic carbocycles. The van der Waals surface area contributed by atoms with Gasteiger partial charge >= 0.3 is 13.5 Å². The minimum atomic E-state index is -3.51. The third-order valence-electron chi connectivity index (χ3n) is 4.79. The van der Waals surface area contributed by atoms with Gasteiger partial charge in [-0.15, -0.1) is 22.7 Å². The summed E-state index contributed by atoms with van der Waals surface area (Å²) < 4.78 is 20.2. The first-order chi connectivity index (χ1) is 14.3. The van der Waals surface area contributed by atoms with Crippen molar-refractivity contribution in [1.82, 2.24) is 0 Å². The molecule has 0 aliphatic carbocycles. The largest absolute Gasteiger partial charge is 0.477 e. The second-order valence-corrected chi connectivity index (χ2v) is 11.3. The van der Waals surface area contributed by atoms with Crippen LogP contribution in [0.25, 0.3) is 19.8 Å². The summed E-state index contributed by atoms with van der Waals surface area (Å²) in [5.41, 5.74) is 2.17. The number of benzene rings is 2. The molecule has 8 heteroatoms. The van der Waals surface area contributed by atoms with Gasteiger partial charge in [-0.05, 0) is 49.1 Å². The first kappa shape index (κ1) is 20.8. The summed E-state index contributed by atoms with van der Waals surface area (Å²) in [5.74, 6) is -1.07. The van der Waals surface area contributed by atoms with Crippen molar-refractivity contribution in [3.8, 4) is 9.75 Å². The average Bonchev–Trinajstić information content (AvgIpc) is 3.31. The lowest BCUT2D eigenvalue weighted by Crippen LogP contribution is -2.17. The predicted octanol–water partition coefficient (Wildman–Crippen LogP) is 6.52. The smallest absolute Gasteiger partial charge is 0.348 e. The highest BCUT2D eigenvalue weighted by atomic mass is 32.1.